The van der Waals surface area contributed by atoms with Gasteiger partial charge in [-0.3, -0.25) is 4.98 Å². The first kappa shape index (κ1) is 13.2. The van der Waals surface area contributed by atoms with Gasteiger partial charge in [0.2, 0.25) is 0 Å². The summed E-state index contributed by atoms with van der Waals surface area (Å²) in [4.78, 5) is 4.52. The molecule has 3 rings (SSSR count). The number of aliphatic hydroxyl groups excluding tert-OH is 1. The average molecular weight is 272 g/mol. The van der Waals surface area contributed by atoms with Crippen LogP contribution in [0.4, 0.5) is 0 Å². The van der Waals surface area contributed by atoms with E-state index in [-0.39, 0.29) is 6.10 Å². The monoisotopic (exact) mass is 272 g/mol. The van der Waals surface area contributed by atoms with Gasteiger partial charge in [0.1, 0.15) is 5.75 Å². The fourth-order valence-corrected chi connectivity index (χ4v) is 2.51. The van der Waals surface area contributed by atoms with Crippen LogP contribution in [-0.4, -0.2) is 21.8 Å². The van der Waals surface area contributed by atoms with Gasteiger partial charge in [0, 0.05) is 30.2 Å². The quantitative estimate of drug-likeness (QED) is 0.910. The van der Waals surface area contributed by atoms with Crippen molar-refractivity contribution < 1.29 is 9.84 Å². The minimum absolute atomic E-state index is 0.309. The Morgan fingerprint density at radius 1 is 1.45 bits per heavy atom. The second-order valence-electron chi connectivity index (χ2n) is 5.54. The summed E-state index contributed by atoms with van der Waals surface area (Å²) in [5, 5.41) is 10.1. The molecule has 1 aliphatic carbocycles. The number of aromatic nitrogens is 2. The lowest BCUT2D eigenvalue weighted by Crippen LogP contribution is -2.02. The Morgan fingerprint density at radius 2 is 2.25 bits per heavy atom. The van der Waals surface area contributed by atoms with Gasteiger partial charge in [-0.15, -0.1) is 0 Å². The average Bonchev–Trinajstić information content (AvgIpc) is 3.18. The van der Waals surface area contributed by atoms with Crippen molar-refractivity contribution in [1.29, 1.82) is 0 Å². The number of aryl methyl sites for hydroxylation is 1. The van der Waals surface area contributed by atoms with Gasteiger partial charge >= 0.3 is 0 Å². The van der Waals surface area contributed by atoms with Gasteiger partial charge in [0.15, 0.2) is 0 Å². The van der Waals surface area contributed by atoms with Crippen LogP contribution in [0.1, 0.15) is 35.9 Å². The number of pyridine rings is 1. The highest BCUT2D eigenvalue weighted by Gasteiger charge is 2.31. The van der Waals surface area contributed by atoms with E-state index >= 15 is 0 Å². The highest BCUT2D eigenvalue weighted by molar-refractivity contribution is 5.27. The molecule has 0 bridgehead atoms. The third-order valence-corrected chi connectivity index (χ3v) is 3.74. The number of nitrogens with zero attached hydrogens (tertiary/aromatic N) is 2. The van der Waals surface area contributed by atoms with E-state index in [1.807, 2.05) is 37.5 Å². The number of rotatable bonds is 5. The van der Waals surface area contributed by atoms with E-state index in [9.17, 15) is 5.11 Å². The van der Waals surface area contributed by atoms with Gasteiger partial charge in [0.05, 0.1) is 25.5 Å². The van der Waals surface area contributed by atoms with Crippen LogP contribution in [-0.2, 0) is 6.54 Å². The van der Waals surface area contributed by atoms with Crippen LogP contribution in [0, 0.1) is 12.8 Å². The van der Waals surface area contributed by atoms with Crippen molar-refractivity contribution in [3.63, 3.8) is 0 Å². The summed E-state index contributed by atoms with van der Waals surface area (Å²) in [6.07, 6.45) is 5.99. The number of hydrogen-bond acceptors (Lipinski definition) is 3. The maximum atomic E-state index is 10.1. The van der Waals surface area contributed by atoms with E-state index < -0.39 is 0 Å². The van der Waals surface area contributed by atoms with Crippen molar-refractivity contribution in [1.82, 2.24) is 9.55 Å². The van der Waals surface area contributed by atoms with Crippen LogP contribution < -0.4 is 4.74 Å². The number of ether oxygens (including phenoxy) is 1. The topological polar surface area (TPSA) is 47.3 Å². The SMILES string of the molecule is COc1cc(C)nc(Cn2ccc(C(O)C3CC3)c2)c1. The molecule has 0 amide bonds. The van der Waals surface area contributed by atoms with Crippen molar-refractivity contribution in [2.24, 2.45) is 5.92 Å². The molecule has 1 saturated carbocycles. The maximum absolute atomic E-state index is 10.1. The third kappa shape index (κ3) is 2.85. The second-order valence-corrected chi connectivity index (χ2v) is 5.54. The van der Waals surface area contributed by atoms with Crippen LogP contribution in [0.2, 0.25) is 0 Å². The molecule has 0 spiro atoms. The molecule has 4 heteroatoms. The summed E-state index contributed by atoms with van der Waals surface area (Å²) >= 11 is 0. The van der Waals surface area contributed by atoms with Crippen LogP contribution in [0.5, 0.6) is 5.75 Å². The second kappa shape index (κ2) is 5.29. The van der Waals surface area contributed by atoms with Crippen molar-refractivity contribution in [3.8, 4) is 5.75 Å². The summed E-state index contributed by atoms with van der Waals surface area (Å²) in [6, 6.07) is 5.86. The van der Waals surface area contributed by atoms with E-state index in [1.54, 1.807) is 7.11 Å². The molecule has 106 valence electrons. The first-order valence-corrected chi connectivity index (χ1v) is 7.01. The molecule has 0 saturated heterocycles. The zero-order valence-corrected chi connectivity index (χ0v) is 11.9. The van der Waals surface area contributed by atoms with Gasteiger partial charge < -0.3 is 14.4 Å². The minimum atomic E-state index is -0.309. The predicted molar refractivity (Wildman–Crippen MR) is 76.7 cm³/mol. The fourth-order valence-electron chi connectivity index (χ4n) is 2.51. The van der Waals surface area contributed by atoms with Crippen molar-refractivity contribution in [3.05, 3.63) is 47.5 Å². The molecule has 1 N–H and O–H groups in total. The van der Waals surface area contributed by atoms with Gasteiger partial charge in [-0.1, -0.05) is 0 Å². The molecule has 2 heterocycles. The van der Waals surface area contributed by atoms with Crippen molar-refractivity contribution in [2.75, 3.05) is 7.11 Å². The highest BCUT2D eigenvalue weighted by atomic mass is 16.5. The maximum Gasteiger partial charge on any atom is 0.122 e. The molecule has 2 aromatic rings. The first-order valence-electron chi connectivity index (χ1n) is 7.01. The largest absolute Gasteiger partial charge is 0.497 e. The molecule has 0 radical (unpaired) electrons. The van der Waals surface area contributed by atoms with E-state index in [1.165, 1.54) is 0 Å². The van der Waals surface area contributed by atoms with Gasteiger partial charge in [-0.2, -0.15) is 0 Å². The molecule has 0 aromatic carbocycles. The Labute approximate surface area is 119 Å². The molecule has 0 aliphatic heterocycles. The Morgan fingerprint density at radius 3 is 2.95 bits per heavy atom. The zero-order valence-electron chi connectivity index (χ0n) is 11.9. The fraction of sp³-hybridized carbons (Fsp3) is 0.438. The predicted octanol–water partition coefficient (Wildman–Crippen LogP) is 2.69. The zero-order chi connectivity index (χ0) is 14.1. The number of aliphatic hydroxyl groups is 1. The number of methoxy groups -OCH3 is 1. The molecule has 1 aliphatic rings. The molecular weight excluding hydrogens is 252 g/mol. The van der Waals surface area contributed by atoms with Crippen LogP contribution in [0.25, 0.3) is 0 Å². The Hall–Kier alpha value is -1.81. The Balaban J connectivity index is 1.75. The Kier molecular flexibility index (Phi) is 3.49. The standard InChI is InChI=1S/C16H20N2O2/c1-11-7-15(20-2)8-14(17-11)10-18-6-5-13(9-18)16(19)12-3-4-12/h5-9,12,16,19H,3-4,10H2,1-2H3. The van der Waals surface area contributed by atoms with E-state index in [2.05, 4.69) is 9.55 Å². The number of hydrogen-bond donors (Lipinski definition) is 1. The minimum Gasteiger partial charge on any atom is -0.497 e. The van der Waals surface area contributed by atoms with E-state index in [4.69, 9.17) is 4.74 Å². The Bertz CT molecular complexity index is 602. The molecule has 1 unspecified atom stereocenters. The lowest BCUT2D eigenvalue weighted by atomic mass is 10.1. The van der Waals surface area contributed by atoms with Gasteiger partial charge in [0.25, 0.3) is 0 Å². The lowest BCUT2D eigenvalue weighted by Gasteiger charge is -2.08. The molecular formula is C16H20N2O2. The smallest absolute Gasteiger partial charge is 0.122 e. The van der Waals surface area contributed by atoms with Crippen molar-refractivity contribution >= 4 is 0 Å². The molecule has 20 heavy (non-hydrogen) atoms. The summed E-state index contributed by atoms with van der Waals surface area (Å²) in [7, 11) is 1.66. The van der Waals surface area contributed by atoms with Crippen molar-refractivity contribution in [2.45, 2.75) is 32.4 Å². The van der Waals surface area contributed by atoms with Gasteiger partial charge in [-0.25, -0.2) is 0 Å². The molecule has 1 fully saturated rings. The summed E-state index contributed by atoms with van der Waals surface area (Å²) < 4.78 is 7.32. The highest BCUT2D eigenvalue weighted by Crippen LogP contribution is 2.40. The van der Waals surface area contributed by atoms with Gasteiger partial charge in [-0.05, 0) is 37.3 Å². The summed E-state index contributed by atoms with van der Waals surface area (Å²) in [5.74, 6) is 1.29. The third-order valence-electron chi connectivity index (χ3n) is 3.74. The van der Waals surface area contributed by atoms with E-state index in [0.29, 0.717) is 12.5 Å². The van der Waals surface area contributed by atoms with Crippen LogP contribution in [0.3, 0.4) is 0 Å². The normalized spacial score (nSPS) is 16.1. The summed E-state index contributed by atoms with van der Waals surface area (Å²) in [6.45, 7) is 2.65. The van der Waals surface area contributed by atoms with Crippen LogP contribution >= 0.6 is 0 Å². The summed E-state index contributed by atoms with van der Waals surface area (Å²) in [5.41, 5.74) is 2.92. The molecule has 1 atom stereocenters. The lowest BCUT2D eigenvalue weighted by molar-refractivity contribution is 0.154. The molecule has 4 nitrogen and oxygen atoms in total. The van der Waals surface area contributed by atoms with E-state index in [0.717, 1.165) is 35.5 Å². The van der Waals surface area contributed by atoms with Crippen LogP contribution in [0.15, 0.2) is 30.6 Å². The first-order chi connectivity index (χ1) is 9.65. The molecule has 2 aromatic heterocycles.